The summed E-state index contributed by atoms with van der Waals surface area (Å²) in [5, 5.41) is 43.1. The van der Waals surface area contributed by atoms with E-state index in [0.717, 1.165) is 12.8 Å². The Morgan fingerprint density at radius 2 is 1.69 bits per heavy atom. The number of nitrogens with one attached hydrogen (secondary N) is 2. The molecule has 178 valence electrons. The predicted molar refractivity (Wildman–Crippen MR) is 108 cm³/mol. The highest BCUT2D eigenvalue weighted by atomic mass is 16.4. The van der Waals surface area contributed by atoms with Crippen molar-refractivity contribution in [3.05, 3.63) is 11.6 Å². The molecular weight excluding hydrogens is 426 g/mol. The lowest BCUT2D eigenvalue weighted by atomic mass is 9.79. The first-order chi connectivity index (χ1) is 14.9. The maximum Gasteiger partial charge on any atom is 0.305 e. The number of aliphatic hydroxyl groups is 2. The van der Waals surface area contributed by atoms with Crippen molar-refractivity contribution in [1.82, 2.24) is 10.6 Å². The van der Waals surface area contributed by atoms with E-state index >= 15 is 0 Å². The average molecular weight is 455 g/mol. The zero-order chi connectivity index (χ0) is 24.1. The maximum atomic E-state index is 12.6. The molecule has 8 N–H and O–H groups in total. The summed E-state index contributed by atoms with van der Waals surface area (Å²) in [6, 6.07) is -2.61. The summed E-state index contributed by atoms with van der Waals surface area (Å²) in [7, 11) is 0. The number of carboxylic acid groups (broad SMARTS) is 2. The monoisotopic (exact) mass is 455 g/mol. The number of primary amides is 1. The van der Waals surface area contributed by atoms with Gasteiger partial charge in [0.1, 0.15) is 12.1 Å². The van der Waals surface area contributed by atoms with Crippen LogP contribution in [0.3, 0.4) is 0 Å². The van der Waals surface area contributed by atoms with E-state index in [1.165, 1.54) is 6.08 Å². The summed E-state index contributed by atoms with van der Waals surface area (Å²) in [6.45, 7) is 0. The van der Waals surface area contributed by atoms with Gasteiger partial charge < -0.3 is 36.8 Å². The Hall–Kier alpha value is -2.99. The van der Waals surface area contributed by atoms with Gasteiger partial charge in [-0.05, 0) is 18.3 Å². The minimum Gasteiger partial charge on any atom is -0.481 e. The van der Waals surface area contributed by atoms with E-state index in [1.54, 1.807) is 0 Å². The number of rotatable bonds is 10. The van der Waals surface area contributed by atoms with E-state index in [-0.39, 0.29) is 24.8 Å². The molecule has 2 aliphatic carbocycles. The van der Waals surface area contributed by atoms with Crippen molar-refractivity contribution in [2.24, 2.45) is 11.1 Å². The molecule has 0 unspecified atom stereocenters. The zero-order valence-corrected chi connectivity index (χ0v) is 17.5. The minimum atomic E-state index is -1.48. The summed E-state index contributed by atoms with van der Waals surface area (Å²) < 4.78 is 0. The molecule has 4 atom stereocenters. The predicted octanol–water partition coefficient (Wildman–Crippen LogP) is -1.61. The lowest BCUT2D eigenvalue weighted by Crippen LogP contribution is -2.52. The second kappa shape index (κ2) is 10.6. The van der Waals surface area contributed by atoms with E-state index < -0.39 is 65.8 Å². The Morgan fingerprint density at radius 3 is 2.22 bits per heavy atom. The highest BCUT2D eigenvalue weighted by Crippen LogP contribution is 2.44. The van der Waals surface area contributed by atoms with E-state index in [1.807, 2.05) is 0 Å². The lowest BCUT2D eigenvalue weighted by molar-refractivity contribution is -0.141. The minimum absolute atomic E-state index is 0.0640. The number of carbonyl (C=O) groups is 5. The van der Waals surface area contributed by atoms with Crippen LogP contribution in [0.15, 0.2) is 11.6 Å². The molecule has 0 aliphatic heterocycles. The number of carboxylic acids is 2. The van der Waals surface area contributed by atoms with E-state index in [9.17, 15) is 39.3 Å². The quantitative estimate of drug-likeness (QED) is 0.201. The molecule has 0 heterocycles. The van der Waals surface area contributed by atoms with Gasteiger partial charge in [0.15, 0.2) is 0 Å². The molecule has 2 rings (SSSR count). The second-order valence-electron chi connectivity index (χ2n) is 8.53. The Labute approximate surface area is 183 Å². The number of amides is 3. The zero-order valence-electron chi connectivity index (χ0n) is 17.5. The summed E-state index contributed by atoms with van der Waals surface area (Å²) >= 11 is 0. The molecular formula is C20H29N3O9. The van der Waals surface area contributed by atoms with Crippen LogP contribution >= 0.6 is 0 Å². The second-order valence-corrected chi connectivity index (χ2v) is 8.53. The van der Waals surface area contributed by atoms with Gasteiger partial charge in [-0.3, -0.25) is 24.0 Å². The van der Waals surface area contributed by atoms with E-state index in [2.05, 4.69) is 10.6 Å². The van der Waals surface area contributed by atoms with Gasteiger partial charge in [0.25, 0.3) is 0 Å². The molecule has 1 fully saturated rings. The van der Waals surface area contributed by atoms with Crippen LogP contribution in [0.1, 0.15) is 51.4 Å². The summed E-state index contributed by atoms with van der Waals surface area (Å²) in [5.74, 6) is -4.80. The van der Waals surface area contributed by atoms with Crippen molar-refractivity contribution in [3.8, 4) is 0 Å². The van der Waals surface area contributed by atoms with Crippen molar-refractivity contribution < 1.29 is 44.4 Å². The largest absolute Gasteiger partial charge is 0.481 e. The van der Waals surface area contributed by atoms with Crippen LogP contribution < -0.4 is 16.4 Å². The van der Waals surface area contributed by atoms with Crippen molar-refractivity contribution >= 4 is 29.7 Å². The molecule has 0 spiro atoms. The first-order valence-electron chi connectivity index (χ1n) is 10.3. The molecule has 2 aliphatic rings. The Balaban J connectivity index is 2.11. The van der Waals surface area contributed by atoms with Crippen LogP contribution in [0.4, 0.5) is 0 Å². The summed E-state index contributed by atoms with van der Waals surface area (Å²) in [6.07, 6.45) is -0.0475. The van der Waals surface area contributed by atoms with Crippen LogP contribution in [0.5, 0.6) is 0 Å². The van der Waals surface area contributed by atoms with Gasteiger partial charge in [-0.15, -0.1) is 0 Å². The van der Waals surface area contributed by atoms with Crippen LogP contribution in [-0.4, -0.2) is 74.4 Å². The first-order valence-corrected chi connectivity index (χ1v) is 10.3. The topological polar surface area (TPSA) is 216 Å². The third-order valence-electron chi connectivity index (χ3n) is 5.94. The molecule has 0 radical (unpaired) electrons. The molecule has 0 saturated heterocycles. The molecule has 0 aromatic heterocycles. The highest BCUT2D eigenvalue weighted by Gasteiger charge is 2.40. The fraction of sp³-hybridized carbons (Fsp3) is 0.650. The number of hydrogen-bond acceptors (Lipinski definition) is 7. The van der Waals surface area contributed by atoms with Gasteiger partial charge >= 0.3 is 11.9 Å². The van der Waals surface area contributed by atoms with Crippen molar-refractivity contribution in [3.63, 3.8) is 0 Å². The van der Waals surface area contributed by atoms with Crippen molar-refractivity contribution in [2.45, 2.75) is 75.7 Å². The third-order valence-corrected chi connectivity index (χ3v) is 5.94. The Morgan fingerprint density at radius 1 is 1.06 bits per heavy atom. The SMILES string of the molecule is NC(=O)[C@@H](CC(=O)O)NC(=O)C1=C[C@@H](NC(=O)CC2(CC(=O)O)CCCC2)[C@@H](O)[C@H](O)C1. The molecule has 3 amide bonds. The maximum absolute atomic E-state index is 12.6. The molecule has 0 aromatic rings. The van der Waals surface area contributed by atoms with Crippen molar-refractivity contribution in [2.75, 3.05) is 0 Å². The van der Waals surface area contributed by atoms with Gasteiger partial charge in [0.05, 0.1) is 25.0 Å². The smallest absolute Gasteiger partial charge is 0.305 e. The number of nitrogens with two attached hydrogens (primary N) is 1. The molecule has 32 heavy (non-hydrogen) atoms. The van der Waals surface area contributed by atoms with Crippen LogP contribution in [0, 0.1) is 5.41 Å². The lowest BCUT2D eigenvalue weighted by Gasteiger charge is -2.33. The molecule has 1 saturated carbocycles. The van der Waals surface area contributed by atoms with Gasteiger partial charge in [0, 0.05) is 18.4 Å². The van der Waals surface area contributed by atoms with E-state index in [4.69, 9.17) is 10.8 Å². The Kier molecular flexibility index (Phi) is 8.33. The third kappa shape index (κ3) is 6.76. The number of carbonyl (C=O) groups excluding carboxylic acids is 3. The fourth-order valence-electron chi connectivity index (χ4n) is 4.35. The van der Waals surface area contributed by atoms with Crippen LogP contribution in [0.2, 0.25) is 0 Å². The van der Waals surface area contributed by atoms with Gasteiger partial charge in [-0.1, -0.05) is 18.9 Å². The van der Waals surface area contributed by atoms with Gasteiger partial charge in [-0.2, -0.15) is 0 Å². The van der Waals surface area contributed by atoms with Crippen LogP contribution in [-0.2, 0) is 24.0 Å². The van der Waals surface area contributed by atoms with Gasteiger partial charge in [-0.25, -0.2) is 0 Å². The van der Waals surface area contributed by atoms with Crippen LogP contribution in [0.25, 0.3) is 0 Å². The molecule has 0 bridgehead atoms. The number of hydrogen-bond donors (Lipinski definition) is 7. The highest BCUT2D eigenvalue weighted by molar-refractivity contribution is 5.98. The average Bonchev–Trinajstić information content (AvgIpc) is 3.10. The molecule has 12 nitrogen and oxygen atoms in total. The molecule has 0 aromatic carbocycles. The normalized spacial score (nSPS) is 25.3. The summed E-state index contributed by atoms with van der Waals surface area (Å²) in [4.78, 5) is 58.5. The van der Waals surface area contributed by atoms with Gasteiger partial charge in [0.2, 0.25) is 17.7 Å². The Bertz CT molecular complexity index is 804. The number of aliphatic hydroxyl groups excluding tert-OH is 2. The number of aliphatic carboxylic acids is 2. The standard InChI is InChI=1S/C20H29N3O9/c21-18(31)12(7-15(26)27)23-19(32)10-5-11(17(30)13(24)6-10)22-14(25)8-20(9-16(28)29)3-1-2-4-20/h5,11-13,17,24,30H,1-4,6-9H2,(H2,21,31)(H,22,25)(H,23,32)(H,26,27)(H,28,29)/t11-,12-,13-,17-/m1/s1. The fourth-order valence-corrected chi connectivity index (χ4v) is 4.35. The summed E-state index contributed by atoms with van der Waals surface area (Å²) in [5.41, 5.74) is 4.36. The first kappa shape index (κ1) is 25.3. The van der Waals surface area contributed by atoms with Crippen molar-refractivity contribution in [1.29, 1.82) is 0 Å². The van der Waals surface area contributed by atoms with E-state index in [0.29, 0.717) is 12.8 Å². The molecule has 12 heteroatoms.